The minimum absolute atomic E-state index is 0.222. The van der Waals surface area contributed by atoms with Crippen LogP contribution in [0.4, 0.5) is 0 Å². The summed E-state index contributed by atoms with van der Waals surface area (Å²) in [7, 11) is 0. The van der Waals surface area contributed by atoms with Gasteiger partial charge >= 0.3 is 11.9 Å². The summed E-state index contributed by atoms with van der Waals surface area (Å²) in [5, 5.41) is 23.6. The molecule has 0 spiro atoms. The van der Waals surface area contributed by atoms with Gasteiger partial charge in [-0.1, -0.05) is 13.8 Å². The van der Waals surface area contributed by atoms with Gasteiger partial charge in [0.25, 0.3) is 0 Å². The van der Waals surface area contributed by atoms with Crippen LogP contribution in [0.25, 0.3) is 0 Å². The molecular formula is C13H22N4O7. The first kappa shape index (κ1) is 21.3. The lowest BCUT2D eigenvalue weighted by molar-refractivity contribution is -0.141. The van der Waals surface area contributed by atoms with Crippen LogP contribution in [0.15, 0.2) is 0 Å². The van der Waals surface area contributed by atoms with Crippen molar-refractivity contribution in [3.8, 4) is 0 Å². The Hall–Kier alpha value is -2.69. The molecule has 0 aromatic rings. The lowest BCUT2D eigenvalue weighted by atomic mass is 10.0. The molecule has 0 aromatic heterocycles. The van der Waals surface area contributed by atoms with Crippen molar-refractivity contribution in [2.45, 2.75) is 32.4 Å². The third-order valence-electron chi connectivity index (χ3n) is 2.89. The first-order valence-corrected chi connectivity index (χ1v) is 7.08. The number of hydrogen-bond donors (Lipinski definition) is 6. The van der Waals surface area contributed by atoms with E-state index in [1.807, 2.05) is 5.32 Å². The van der Waals surface area contributed by atoms with E-state index in [0.29, 0.717) is 0 Å². The maximum absolute atomic E-state index is 11.9. The first-order chi connectivity index (χ1) is 11.0. The molecule has 0 bridgehead atoms. The summed E-state index contributed by atoms with van der Waals surface area (Å²) in [6.07, 6.45) is -0.695. The third-order valence-corrected chi connectivity index (χ3v) is 2.89. The van der Waals surface area contributed by atoms with Crippen molar-refractivity contribution >= 4 is 29.7 Å². The Balaban J connectivity index is 4.66. The van der Waals surface area contributed by atoms with Gasteiger partial charge in [0.1, 0.15) is 12.6 Å². The summed E-state index contributed by atoms with van der Waals surface area (Å²) in [6.45, 7) is 2.19. The zero-order chi connectivity index (χ0) is 18.9. The van der Waals surface area contributed by atoms with Crippen molar-refractivity contribution in [2.75, 3.05) is 13.1 Å². The van der Waals surface area contributed by atoms with Crippen LogP contribution in [-0.2, 0) is 24.0 Å². The second-order valence-electron chi connectivity index (χ2n) is 5.32. The average molecular weight is 346 g/mol. The van der Waals surface area contributed by atoms with Gasteiger partial charge in [0, 0.05) is 0 Å². The molecule has 7 N–H and O–H groups in total. The Kier molecular flexibility index (Phi) is 9.02. The summed E-state index contributed by atoms with van der Waals surface area (Å²) >= 11 is 0. The van der Waals surface area contributed by atoms with E-state index in [0.717, 1.165) is 0 Å². The van der Waals surface area contributed by atoms with Gasteiger partial charge in [-0.2, -0.15) is 0 Å². The molecule has 0 heterocycles. The smallest absolute Gasteiger partial charge is 0.322 e. The molecule has 11 heteroatoms. The monoisotopic (exact) mass is 346 g/mol. The van der Waals surface area contributed by atoms with Crippen molar-refractivity contribution < 1.29 is 34.2 Å². The van der Waals surface area contributed by atoms with Crippen LogP contribution in [0.2, 0.25) is 0 Å². The van der Waals surface area contributed by atoms with Crippen molar-refractivity contribution in [1.29, 1.82) is 0 Å². The molecule has 136 valence electrons. The molecule has 0 aliphatic rings. The molecule has 0 radical (unpaired) electrons. The summed E-state index contributed by atoms with van der Waals surface area (Å²) in [5.41, 5.74) is 5.62. The molecule has 24 heavy (non-hydrogen) atoms. The Labute approximate surface area is 138 Å². The zero-order valence-electron chi connectivity index (χ0n) is 13.4. The highest BCUT2D eigenvalue weighted by molar-refractivity contribution is 5.94. The van der Waals surface area contributed by atoms with Crippen LogP contribution in [-0.4, -0.2) is 65.0 Å². The second kappa shape index (κ2) is 10.2. The van der Waals surface area contributed by atoms with E-state index in [-0.39, 0.29) is 5.92 Å². The predicted octanol–water partition coefficient (Wildman–Crippen LogP) is -2.75. The molecule has 0 aliphatic carbocycles. The van der Waals surface area contributed by atoms with Crippen LogP contribution in [0.1, 0.15) is 20.3 Å². The van der Waals surface area contributed by atoms with E-state index < -0.39 is 61.3 Å². The molecule has 0 saturated carbocycles. The predicted molar refractivity (Wildman–Crippen MR) is 80.7 cm³/mol. The van der Waals surface area contributed by atoms with Crippen LogP contribution < -0.4 is 21.7 Å². The highest BCUT2D eigenvalue weighted by atomic mass is 16.4. The van der Waals surface area contributed by atoms with E-state index in [9.17, 15) is 24.0 Å². The Bertz CT molecular complexity index is 507. The van der Waals surface area contributed by atoms with Crippen LogP contribution in [0, 0.1) is 5.92 Å². The highest BCUT2D eigenvalue weighted by Gasteiger charge is 2.27. The number of rotatable bonds is 10. The van der Waals surface area contributed by atoms with E-state index in [2.05, 4.69) is 10.6 Å². The van der Waals surface area contributed by atoms with Gasteiger partial charge < -0.3 is 31.9 Å². The molecule has 3 amide bonds. The third kappa shape index (κ3) is 8.68. The fourth-order valence-electron chi connectivity index (χ4n) is 1.48. The van der Waals surface area contributed by atoms with E-state index in [4.69, 9.17) is 15.9 Å². The number of nitrogens with two attached hydrogens (primary N) is 1. The first-order valence-electron chi connectivity index (χ1n) is 7.08. The summed E-state index contributed by atoms with van der Waals surface area (Å²) in [6, 6.07) is -2.33. The lowest BCUT2D eigenvalue weighted by Gasteiger charge is -2.21. The highest BCUT2D eigenvalue weighted by Crippen LogP contribution is 2.00. The zero-order valence-corrected chi connectivity index (χ0v) is 13.4. The SMILES string of the molecule is CC(C)C(N)C(=O)NC(CC(=O)O)C(=O)NCC(=O)NCC(=O)O. The van der Waals surface area contributed by atoms with Gasteiger partial charge in [0.05, 0.1) is 19.0 Å². The minimum Gasteiger partial charge on any atom is -0.481 e. The maximum atomic E-state index is 11.9. The van der Waals surface area contributed by atoms with Crippen molar-refractivity contribution in [3.05, 3.63) is 0 Å². The summed E-state index contributed by atoms with van der Waals surface area (Å²) in [5.74, 6) is -5.17. The largest absolute Gasteiger partial charge is 0.481 e. The molecular weight excluding hydrogens is 324 g/mol. The van der Waals surface area contributed by atoms with Crippen molar-refractivity contribution in [3.63, 3.8) is 0 Å². The number of hydrogen-bond acceptors (Lipinski definition) is 6. The number of carboxylic acids is 2. The van der Waals surface area contributed by atoms with E-state index >= 15 is 0 Å². The number of amides is 3. The molecule has 0 aromatic carbocycles. The standard InChI is InChI=1S/C13H22N4O7/c1-6(2)11(14)13(24)17-7(3-9(19)20)12(23)16-4-8(18)15-5-10(21)22/h6-7,11H,3-5,14H2,1-2H3,(H,15,18)(H,16,23)(H,17,24)(H,19,20)(H,21,22). The number of carbonyl (C=O) groups excluding carboxylic acids is 3. The normalized spacial score (nSPS) is 12.8. The van der Waals surface area contributed by atoms with Gasteiger partial charge in [-0.25, -0.2) is 0 Å². The van der Waals surface area contributed by atoms with Gasteiger partial charge in [0.2, 0.25) is 17.7 Å². The molecule has 0 saturated heterocycles. The summed E-state index contributed by atoms with van der Waals surface area (Å²) in [4.78, 5) is 56.2. The molecule has 0 fully saturated rings. The van der Waals surface area contributed by atoms with Gasteiger partial charge in [-0.3, -0.25) is 24.0 Å². The Morgan fingerprint density at radius 3 is 1.96 bits per heavy atom. The Morgan fingerprint density at radius 2 is 1.50 bits per heavy atom. The van der Waals surface area contributed by atoms with Crippen LogP contribution in [0.5, 0.6) is 0 Å². The molecule has 2 atom stereocenters. The minimum atomic E-state index is -1.41. The Morgan fingerprint density at radius 1 is 0.917 bits per heavy atom. The number of nitrogens with one attached hydrogen (secondary N) is 3. The number of carboxylic acid groups (broad SMARTS) is 2. The quantitative estimate of drug-likeness (QED) is 0.245. The molecule has 11 nitrogen and oxygen atoms in total. The van der Waals surface area contributed by atoms with Crippen molar-refractivity contribution in [1.82, 2.24) is 16.0 Å². The molecule has 2 unspecified atom stereocenters. The molecule has 0 aliphatic heterocycles. The van der Waals surface area contributed by atoms with Gasteiger partial charge in [-0.05, 0) is 5.92 Å². The van der Waals surface area contributed by atoms with E-state index in [1.54, 1.807) is 13.8 Å². The fraction of sp³-hybridized carbons (Fsp3) is 0.615. The topological polar surface area (TPSA) is 188 Å². The van der Waals surface area contributed by atoms with E-state index in [1.165, 1.54) is 0 Å². The maximum Gasteiger partial charge on any atom is 0.322 e. The number of carbonyl (C=O) groups is 5. The molecule has 0 rings (SSSR count). The fourth-order valence-corrected chi connectivity index (χ4v) is 1.48. The van der Waals surface area contributed by atoms with Crippen molar-refractivity contribution in [2.24, 2.45) is 11.7 Å². The van der Waals surface area contributed by atoms with Crippen LogP contribution in [0.3, 0.4) is 0 Å². The van der Waals surface area contributed by atoms with Crippen LogP contribution >= 0.6 is 0 Å². The average Bonchev–Trinajstić information content (AvgIpc) is 2.48. The van der Waals surface area contributed by atoms with Gasteiger partial charge in [0.15, 0.2) is 0 Å². The summed E-state index contributed by atoms with van der Waals surface area (Å²) < 4.78 is 0. The number of aliphatic carboxylic acids is 2. The lowest BCUT2D eigenvalue weighted by Crippen LogP contribution is -2.54. The second-order valence-corrected chi connectivity index (χ2v) is 5.32. The van der Waals surface area contributed by atoms with Gasteiger partial charge in [-0.15, -0.1) is 0 Å².